The first-order valence-corrected chi connectivity index (χ1v) is 11.0. The number of carbonyl (C=O) groups is 2. The Labute approximate surface area is 184 Å². The average Bonchev–Trinajstić information content (AvgIpc) is 3.26. The number of fused-ring (bicyclic) bond motifs is 1. The number of hydrogen-bond acceptors (Lipinski definition) is 4. The summed E-state index contributed by atoms with van der Waals surface area (Å²) in [7, 11) is 1.70. The topological polar surface area (TPSA) is 70.7 Å². The van der Waals surface area contributed by atoms with Crippen molar-refractivity contribution in [3.8, 4) is 5.75 Å². The maximum atomic E-state index is 12.9. The van der Waals surface area contributed by atoms with E-state index >= 15 is 0 Å². The Balaban J connectivity index is 1.35. The minimum atomic E-state index is -0.446. The molecule has 2 fully saturated rings. The molecule has 1 saturated carbocycles. The van der Waals surface area contributed by atoms with E-state index in [4.69, 9.17) is 4.74 Å². The fraction of sp³-hybridized carbons (Fsp3) is 0.440. The van der Waals surface area contributed by atoms with Gasteiger partial charge in [0.2, 0.25) is 5.91 Å². The molecule has 2 amide bonds. The summed E-state index contributed by atoms with van der Waals surface area (Å²) in [5, 5.41) is 5.97. The summed E-state index contributed by atoms with van der Waals surface area (Å²) in [4.78, 5) is 27.8. The molecular formula is C25H31N3O3. The Morgan fingerprint density at radius 2 is 1.97 bits per heavy atom. The van der Waals surface area contributed by atoms with Gasteiger partial charge in [0, 0.05) is 32.7 Å². The molecule has 2 aliphatic rings. The third-order valence-electron chi connectivity index (χ3n) is 6.60. The van der Waals surface area contributed by atoms with Crippen LogP contribution in [0, 0.1) is 18.3 Å². The van der Waals surface area contributed by atoms with Gasteiger partial charge in [0.25, 0.3) is 5.91 Å². The number of nitrogens with zero attached hydrogens (tertiary/aromatic N) is 1. The monoisotopic (exact) mass is 421 g/mol. The van der Waals surface area contributed by atoms with E-state index in [1.54, 1.807) is 7.05 Å². The van der Waals surface area contributed by atoms with E-state index in [-0.39, 0.29) is 30.4 Å². The van der Waals surface area contributed by atoms with Crippen molar-refractivity contribution in [1.82, 2.24) is 15.5 Å². The molecule has 0 spiro atoms. The Bertz CT molecular complexity index is 933. The van der Waals surface area contributed by atoms with Gasteiger partial charge < -0.3 is 15.4 Å². The second-order valence-electron chi connectivity index (χ2n) is 8.90. The predicted octanol–water partition coefficient (Wildman–Crippen LogP) is 2.52. The van der Waals surface area contributed by atoms with Crippen LogP contribution in [0.4, 0.5) is 0 Å². The summed E-state index contributed by atoms with van der Waals surface area (Å²) in [6.45, 7) is 4.41. The van der Waals surface area contributed by atoms with Gasteiger partial charge in [-0.05, 0) is 48.9 Å². The zero-order chi connectivity index (χ0) is 21.8. The van der Waals surface area contributed by atoms with Gasteiger partial charge in [0.15, 0.2) is 6.61 Å². The first kappa shape index (κ1) is 21.4. The molecule has 0 unspecified atom stereocenters. The summed E-state index contributed by atoms with van der Waals surface area (Å²) in [5.74, 6) is 0.872. The molecule has 6 heteroatoms. The van der Waals surface area contributed by atoms with Crippen molar-refractivity contribution in [2.24, 2.45) is 11.3 Å². The largest absolute Gasteiger partial charge is 0.484 e. The molecule has 1 aliphatic carbocycles. The average molecular weight is 422 g/mol. The molecule has 0 bridgehead atoms. The molecule has 4 rings (SSSR count). The number of ether oxygens (including phenoxy) is 1. The summed E-state index contributed by atoms with van der Waals surface area (Å²) in [6, 6.07) is 18.0. The molecule has 0 radical (unpaired) electrons. The Morgan fingerprint density at radius 3 is 2.71 bits per heavy atom. The summed E-state index contributed by atoms with van der Waals surface area (Å²) in [6.07, 6.45) is 1.48. The molecule has 1 aliphatic heterocycles. The van der Waals surface area contributed by atoms with Crippen molar-refractivity contribution in [3.05, 3.63) is 65.7 Å². The van der Waals surface area contributed by atoms with Gasteiger partial charge in [-0.2, -0.15) is 0 Å². The molecule has 6 nitrogen and oxygen atoms in total. The lowest BCUT2D eigenvalue weighted by Gasteiger charge is -2.27. The second kappa shape index (κ2) is 9.10. The van der Waals surface area contributed by atoms with Crippen LogP contribution in [0.3, 0.4) is 0 Å². The summed E-state index contributed by atoms with van der Waals surface area (Å²) < 4.78 is 5.63. The van der Waals surface area contributed by atoms with E-state index in [2.05, 4.69) is 27.7 Å². The molecule has 2 aromatic carbocycles. The third kappa shape index (κ3) is 4.74. The lowest BCUT2D eigenvalue weighted by atomic mass is 9.80. The highest BCUT2D eigenvalue weighted by Gasteiger charge is 2.57. The van der Waals surface area contributed by atoms with Gasteiger partial charge in [-0.1, -0.05) is 42.5 Å². The highest BCUT2D eigenvalue weighted by Crippen LogP contribution is 2.49. The van der Waals surface area contributed by atoms with Crippen LogP contribution in [0.5, 0.6) is 5.75 Å². The van der Waals surface area contributed by atoms with Crippen molar-refractivity contribution < 1.29 is 14.3 Å². The van der Waals surface area contributed by atoms with Crippen LogP contribution >= 0.6 is 0 Å². The van der Waals surface area contributed by atoms with Crippen LogP contribution in [0.2, 0.25) is 0 Å². The number of likely N-dealkylation sites (tertiary alicyclic amines) is 1. The molecule has 3 atom stereocenters. The van der Waals surface area contributed by atoms with Crippen LogP contribution in [-0.2, 0) is 16.1 Å². The highest BCUT2D eigenvalue weighted by atomic mass is 16.5. The molecule has 2 aromatic rings. The lowest BCUT2D eigenvalue weighted by Crippen LogP contribution is -2.44. The van der Waals surface area contributed by atoms with Crippen molar-refractivity contribution in [1.29, 1.82) is 0 Å². The van der Waals surface area contributed by atoms with Crippen molar-refractivity contribution in [3.63, 3.8) is 0 Å². The van der Waals surface area contributed by atoms with Gasteiger partial charge in [-0.15, -0.1) is 0 Å². The zero-order valence-corrected chi connectivity index (χ0v) is 18.3. The van der Waals surface area contributed by atoms with E-state index in [0.29, 0.717) is 12.2 Å². The van der Waals surface area contributed by atoms with E-state index in [1.165, 1.54) is 5.56 Å². The maximum Gasteiger partial charge on any atom is 0.258 e. The quantitative estimate of drug-likeness (QED) is 0.721. The van der Waals surface area contributed by atoms with E-state index in [1.807, 2.05) is 49.4 Å². The number of rotatable bonds is 7. The second-order valence-corrected chi connectivity index (χ2v) is 8.90. The molecule has 31 heavy (non-hydrogen) atoms. The van der Waals surface area contributed by atoms with Gasteiger partial charge in [0.1, 0.15) is 5.75 Å². The van der Waals surface area contributed by atoms with Gasteiger partial charge >= 0.3 is 0 Å². The molecule has 0 aromatic heterocycles. The molecule has 1 heterocycles. The smallest absolute Gasteiger partial charge is 0.258 e. The number of nitrogens with one attached hydrogen (secondary N) is 2. The van der Waals surface area contributed by atoms with Crippen LogP contribution < -0.4 is 15.4 Å². The molecule has 2 N–H and O–H groups in total. The van der Waals surface area contributed by atoms with Crippen molar-refractivity contribution in [2.45, 2.75) is 32.4 Å². The van der Waals surface area contributed by atoms with Crippen LogP contribution in [0.25, 0.3) is 0 Å². The Hall–Kier alpha value is -2.86. The van der Waals surface area contributed by atoms with E-state index in [0.717, 1.165) is 31.6 Å². The van der Waals surface area contributed by atoms with Crippen LogP contribution in [0.1, 0.15) is 24.0 Å². The minimum Gasteiger partial charge on any atom is -0.484 e. The number of carbonyl (C=O) groups excluding carboxylic acids is 2. The first-order chi connectivity index (χ1) is 15.0. The predicted molar refractivity (Wildman–Crippen MR) is 120 cm³/mol. The van der Waals surface area contributed by atoms with Crippen LogP contribution in [0.15, 0.2) is 54.6 Å². The lowest BCUT2D eigenvalue weighted by molar-refractivity contribution is -0.131. The first-order valence-electron chi connectivity index (χ1n) is 11.0. The Kier molecular flexibility index (Phi) is 6.28. The standard InChI is InChI=1S/C25H31N3O3/c1-18-7-6-10-22(11-18)31-16-23(29)27-21-12-20-15-28(14-19-8-4-3-5-9-19)17-25(20,13-21)24(30)26-2/h3-11,20-21H,12-17H2,1-2H3,(H,26,30)(H,27,29)/t20-,21-,25-/m0/s1. The third-order valence-corrected chi connectivity index (χ3v) is 6.60. The van der Waals surface area contributed by atoms with E-state index < -0.39 is 5.41 Å². The van der Waals surface area contributed by atoms with Crippen molar-refractivity contribution in [2.75, 3.05) is 26.7 Å². The number of hydrogen-bond donors (Lipinski definition) is 2. The normalized spacial score (nSPS) is 25.1. The minimum absolute atomic E-state index is 0.00483. The highest BCUT2D eigenvalue weighted by molar-refractivity contribution is 5.84. The number of amides is 2. The molecule has 164 valence electrons. The van der Waals surface area contributed by atoms with Gasteiger partial charge in [-0.25, -0.2) is 0 Å². The van der Waals surface area contributed by atoms with Gasteiger partial charge in [0.05, 0.1) is 5.41 Å². The molecule has 1 saturated heterocycles. The summed E-state index contributed by atoms with van der Waals surface area (Å²) in [5.41, 5.74) is 1.90. The summed E-state index contributed by atoms with van der Waals surface area (Å²) >= 11 is 0. The van der Waals surface area contributed by atoms with Crippen LogP contribution in [-0.4, -0.2) is 49.5 Å². The van der Waals surface area contributed by atoms with E-state index in [9.17, 15) is 9.59 Å². The fourth-order valence-electron chi connectivity index (χ4n) is 5.27. The maximum absolute atomic E-state index is 12.9. The molecular weight excluding hydrogens is 390 g/mol. The van der Waals surface area contributed by atoms with Crippen molar-refractivity contribution >= 4 is 11.8 Å². The number of benzene rings is 2. The Morgan fingerprint density at radius 1 is 1.16 bits per heavy atom. The van der Waals surface area contributed by atoms with Gasteiger partial charge in [-0.3, -0.25) is 14.5 Å². The SMILES string of the molecule is CNC(=O)[C@]12C[C@@H](NC(=O)COc3cccc(C)c3)C[C@H]1CN(Cc1ccccc1)C2. The number of aryl methyl sites for hydroxylation is 1. The fourth-order valence-corrected chi connectivity index (χ4v) is 5.27. The zero-order valence-electron chi connectivity index (χ0n) is 18.3.